The van der Waals surface area contributed by atoms with Crippen molar-refractivity contribution in [2.45, 2.75) is 24.9 Å². The second kappa shape index (κ2) is 6.63. The SMILES string of the molecule is COc1ccc(C2CC(C3CC3C(=O)O)N=C3C(Cl)=CC(Cl)=CN32)cc1. The number of hydrogen-bond acceptors (Lipinski definition) is 4. The Kier molecular flexibility index (Phi) is 4.45. The predicted molar refractivity (Wildman–Crippen MR) is 101 cm³/mol. The van der Waals surface area contributed by atoms with Crippen LogP contribution >= 0.6 is 23.2 Å². The van der Waals surface area contributed by atoms with E-state index in [1.54, 1.807) is 13.2 Å². The topological polar surface area (TPSA) is 62.1 Å². The Morgan fingerprint density at radius 2 is 2.00 bits per heavy atom. The third-order valence-electron chi connectivity index (χ3n) is 5.23. The number of benzene rings is 1. The fourth-order valence-corrected chi connectivity index (χ4v) is 4.31. The van der Waals surface area contributed by atoms with E-state index in [0.29, 0.717) is 22.3 Å². The fraction of sp³-hybridized carbons (Fsp3) is 0.368. The van der Waals surface area contributed by atoms with Gasteiger partial charge in [0.05, 0.1) is 35.2 Å². The lowest BCUT2D eigenvalue weighted by Gasteiger charge is -2.39. The number of hydrogen-bond donors (Lipinski definition) is 1. The molecule has 4 unspecified atom stereocenters. The van der Waals surface area contributed by atoms with E-state index in [4.69, 9.17) is 32.9 Å². The van der Waals surface area contributed by atoms with Gasteiger partial charge in [-0.1, -0.05) is 35.3 Å². The van der Waals surface area contributed by atoms with Gasteiger partial charge in [-0.15, -0.1) is 0 Å². The molecule has 0 amide bonds. The summed E-state index contributed by atoms with van der Waals surface area (Å²) in [5.74, 6) is 0.455. The number of amidine groups is 1. The third kappa shape index (κ3) is 3.10. The van der Waals surface area contributed by atoms with E-state index in [0.717, 1.165) is 17.7 Å². The largest absolute Gasteiger partial charge is 0.497 e. The smallest absolute Gasteiger partial charge is 0.306 e. The van der Waals surface area contributed by atoms with Gasteiger partial charge in [0.1, 0.15) is 11.6 Å². The molecule has 4 atom stereocenters. The molecular weight excluding hydrogens is 375 g/mol. The van der Waals surface area contributed by atoms with Gasteiger partial charge in [-0.25, -0.2) is 0 Å². The van der Waals surface area contributed by atoms with Crippen molar-refractivity contribution < 1.29 is 14.6 Å². The number of rotatable bonds is 4. The van der Waals surface area contributed by atoms with E-state index in [1.807, 2.05) is 35.4 Å². The van der Waals surface area contributed by atoms with Gasteiger partial charge in [0.15, 0.2) is 0 Å². The number of fused-ring (bicyclic) bond motifs is 1. The lowest BCUT2D eigenvalue weighted by molar-refractivity contribution is -0.138. The van der Waals surface area contributed by atoms with E-state index >= 15 is 0 Å². The number of carbonyl (C=O) groups is 1. The maximum absolute atomic E-state index is 11.3. The van der Waals surface area contributed by atoms with Crippen molar-refractivity contribution >= 4 is 35.0 Å². The van der Waals surface area contributed by atoms with Crippen LogP contribution in [0.2, 0.25) is 0 Å². The van der Waals surface area contributed by atoms with Gasteiger partial charge in [0.25, 0.3) is 0 Å². The Balaban J connectivity index is 1.69. The Morgan fingerprint density at radius 1 is 1.27 bits per heavy atom. The lowest BCUT2D eigenvalue weighted by atomic mass is 9.92. The Hall–Kier alpha value is -1.98. The molecule has 5 nitrogen and oxygen atoms in total. The Labute approximate surface area is 161 Å². The van der Waals surface area contributed by atoms with Crippen LogP contribution in [0, 0.1) is 11.8 Å². The van der Waals surface area contributed by atoms with E-state index in [-0.39, 0.29) is 23.9 Å². The first-order valence-electron chi connectivity index (χ1n) is 8.45. The molecule has 4 rings (SSSR count). The van der Waals surface area contributed by atoms with Crippen LogP contribution in [0.4, 0.5) is 0 Å². The first-order chi connectivity index (χ1) is 12.5. The van der Waals surface area contributed by atoms with Gasteiger partial charge in [0.2, 0.25) is 0 Å². The monoisotopic (exact) mass is 392 g/mol. The molecule has 0 saturated heterocycles. The fourth-order valence-electron chi connectivity index (χ4n) is 3.78. The molecule has 1 saturated carbocycles. The highest BCUT2D eigenvalue weighted by atomic mass is 35.5. The molecule has 2 heterocycles. The Morgan fingerprint density at radius 3 is 2.62 bits per heavy atom. The maximum atomic E-state index is 11.3. The number of ether oxygens (including phenoxy) is 1. The number of carboxylic acid groups (broad SMARTS) is 1. The number of allylic oxidation sites excluding steroid dienone is 2. The molecule has 2 aliphatic heterocycles. The van der Waals surface area contributed by atoms with Crippen LogP contribution in [-0.2, 0) is 4.79 Å². The van der Waals surface area contributed by atoms with Gasteiger partial charge in [-0.2, -0.15) is 0 Å². The highest BCUT2D eigenvalue weighted by Gasteiger charge is 2.50. The molecule has 7 heteroatoms. The Bertz CT molecular complexity index is 832. The van der Waals surface area contributed by atoms with E-state index in [9.17, 15) is 9.90 Å². The first-order valence-corrected chi connectivity index (χ1v) is 9.21. The molecule has 136 valence electrons. The van der Waals surface area contributed by atoms with Crippen LogP contribution in [0.5, 0.6) is 5.75 Å². The number of nitrogens with zero attached hydrogens (tertiary/aromatic N) is 2. The minimum atomic E-state index is -0.744. The van der Waals surface area contributed by atoms with E-state index in [2.05, 4.69) is 0 Å². The molecule has 1 aromatic rings. The number of carboxylic acids is 1. The third-order valence-corrected chi connectivity index (χ3v) is 5.71. The second-order valence-corrected chi connectivity index (χ2v) is 7.65. The van der Waals surface area contributed by atoms with Crippen LogP contribution in [0.15, 0.2) is 51.6 Å². The summed E-state index contributed by atoms with van der Waals surface area (Å²) < 4.78 is 5.24. The molecule has 0 aromatic heterocycles. The van der Waals surface area contributed by atoms with Crippen molar-refractivity contribution in [3.63, 3.8) is 0 Å². The molecule has 1 aliphatic carbocycles. The lowest BCUT2D eigenvalue weighted by Crippen LogP contribution is -2.40. The number of halogens is 2. The zero-order valence-electron chi connectivity index (χ0n) is 14.1. The number of methoxy groups -OCH3 is 1. The highest BCUT2D eigenvalue weighted by Crippen LogP contribution is 2.48. The molecule has 0 bridgehead atoms. The predicted octanol–water partition coefficient (Wildman–Crippen LogP) is 4.15. The summed E-state index contributed by atoms with van der Waals surface area (Å²) in [4.78, 5) is 18.1. The highest BCUT2D eigenvalue weighted by molar-refractivity contribution is 6.45. The van der Waals surface area contributed by atoms with Gasteiger partial charge in [-0.3, -0.25) is 9.79 Å². The summed E-state index contributed by atoms with van der Waals surface area (Å²) in [6, 6.07) is 7.78. The molecular formula is C19H18Cl2N2O3. The molecule has 0 spiro atoms. The maximum Gasteiger partial charge on any atom is 0.306 e. The van der Waals surface area contributed by atoms with Crippen LogP contribution < -0.4 is 4.74 Å². The van der Waals surface area contributed by atoms with Crippen molar-refractivity contribution in [3.8, 4) is 5.75 Å². The molecule has 0 radical (unpaired) electrons. The summed E-state index contributed by atoms with van der Waals surface area (Å²) in [6.07, 6.45) is 4.89. The summed E-state index contributed by atoms with van der Waals surface area (Å²) in [7, 11) is 1.63. The molecule has 26 heavy (non-hydrogen) atoms. The molecule has 1 fully saturated rings. The van der Waals surface area contributed by atoms with Crippen LogP contribution in [0.3, 0.4) is 0 Å². The molecule has 1 aromatic carbocycles. The van der Waals surface area contributed by atoms with Gasteiger partial charge in [-0.05, 0) is 42.5 Å². The summed E-state index contributed by atoms with van der Waals surface area (Å²) in [6.45, 7) is 0. The van der Waals surface area contributed by atoms with Crippen molar-refractivity contribution in [1.29, 1.82) is 0 Å². The zero-order chi connectivity index (χ0) is 18.4. The van der Waals surface area contributed by atoms with Crippen LogP contribution in [-0.4, -0.2) is 35.0 Å². The number of aliphatic carboxylic acids is 1. The normalized spacial score (nSPS) is 30.0. The minimum absolute atomic E-state index is 0.00958. The first kappa shape index (κ1) is 17.4. The van der Waals surface area contributed by atoms with Gasteiger partial charge in [0, 0.05) is 6.20 Å². The van der Waals surface area contributed by atoms with Gasteiger partial charge >= 0.3 is 5.97 Å². The molecule has 1 N–H and O–H groups in total. The van der Waals surface area contributed by atoms with E-state index < -0.39 is 5.97 Å². The second-order valence-electron chi connectivity index (χ2n) is 6.80. The van der Waals surface area contributed by atoms with Gasteiger partial charge < -0.3 is 14.7 Å². The quantitative estimate of drug-likeness (QED) is 0.835. The van der Waals surface area contributed by atoms with Crippen molar-refractivity contribution in [1.82, 2.24) is 4.90 Å². The van der Waals surface area contributed by atoms with Crippen LogP contribution in [0.25, 0.3) is 0 Å². The van der Waals surface area contributed by atoms with Crippen LogP contribution in [0.1, 0.15) is 24.4 Å². The van der Waals surface area contributed by atoms with Crippen molar-refractivity contribution in [3.05, 3.63) is 52.2 Å². The van der Waals surface area contributed by atoms with Crippen molar-refractivity contribution in [2.24, 2.45) is 16.8 Å². The summed E-state index contributed by atoms with van der Waals surface area (Å²) in [5, 5.41) is 10.3. The summed E-state index contributed by atoms with van der Waals surface area (Å²) >= 11 is 12.6. The average Bonchev–Trinajstić information content (AvgIpc) is 3.42. The number of aliphatic imine (C=N–C) groups is 1. The van der Waals surface area contributed by atoms with E-state index in [1.165, 1.54) is 0 Å². The minimum Gasteiger partial charge on any atom is -0.497 e. The summed E-state index contributed by atoms with van der Waals surface area (Å²) in [5.41, 5.74) is 1.09. The average molecular weight is 393 g/mol. The zero-order valence-corrected chi connectivity index (χ0v) is 15.6. The standard InChI is InChI=1S/C19H18Cl2N2O3/c1-26-12-4-2-10(3-5-12)17-8-16(13-7-14(13)19(24)25)22-18-15(21)6-11(20)9-23(17)18/h2-6,9,13-14,16-17H,7-8H2,1H3,(H,24,25). The van der Waals surface area contributed by atoms with Crippen molar-refractivity contribution in [2.75, 3.05) is 7.11 Å². The molecule has 3 aliphatic rings.